The smallest absolute Gasteiger partial charge is 0.239 e. The summed E-state index contributed by atoms with van der Waals surface area (Å²) in [5.41, 5.74) is 3.24. The summed E-state index contributed by atoms with van der Waals surface area (Å²) in [6.07, 6.45) is 0. The van der Waals surface area contributed by atoms with Crippen LogP contribution >= 0.6 is 0 Å². The number of hydrogen-bond donors (Lipinski definition) is 2. The molecule has 0 fully saturated rings. The number of methoxy groups -OCH3 is 1. The second-order valence-electron chi connectivity index (χ2n) is 5.72. The number of para-hydroxylation sites is 1. The van der Waals surface area contributed by atoms with Gasteiger partial charge in [-0.1, -0.05) is 44.2 Å². The highest BCUT2D eigenvalue weighted by Crippen LogP contribution is 2.23. The summed E-state index contributed by atoms with van der Waals surface area (Å²) in [6, 6.07) is 15.8. The van der Waals surface area contributed by atoms with Gasteiger partial charge >= 0.3 is 0 Å². The van der Waals surface area contributed by atoms with Gasteiger partial charge in [-0.05, 0) is 35.2 Å². The fourth-order valence-electron chi connectivity index (χ4n) is 2.38. The van der Waals surface area contributed by atoms with Crippen molar-refractivity contribution in [3.63, 3.8) is 0 Å². The number of rotatable bonds is 7. The normalized spacial score (nSPS) is 10.4. The van der Waals surface area contributed by atoms with Gasteiger partial charge in [0.2, 0.25) is 5.91 Å². The lowest BCUT2D eigenvalue weighted by atomic mass is 10.0. The van der Waals surface area contributed by atoms with Crippen molar-refractivity contribution in [1.29, 1.82) is 0 Å². The molecule has 4 nitrogen and oxygen atoms in total. The minimum absolute atomic E-state index is 0.0358. The molecule has 2 aromatic carbocycles. The Hall–Kier alpha value is -2.49. The Morgan fingerprint density at radius 3 is 2.65 bits per heavy atom. The van der Waals surface area contributed by atoms with Crippen LogP contribution < -0.4 is 15.4 Å². The monoisotopic (exact) mass is 312 g/mol. The Labute approximate surface area is 137 Å². The number of carbonyl (C=O) groups excluding carboxylic acids is 1. The standard InChI is InChI=1S/C19H24N2O2/c1-14(2)17-9-4-5-10-18(17)20-13-19(22)21-12-15-7-6-8-16(11-15)23-3/h4-11,14,20H,12-13H2,1-3H3,(H,21,22). The fourth-order valence-corrected chi connectivity index (χ4v) is 2.38. The number of ether oxygens (including phenoxy) is 1. The molecule has 0 bridgehead atoms. The molecule has 0 aliphatic heterocycles. The predicted octanol–water partition coefficient (Wildman–Crippen LogP) is 3.55. The van der Waals surface area contributed by atoms with Crippen molar-refractivity contribution in [3.05, 3.63) is 59.7 Å². The highest BCUT2D eigenvalue weighted by atomic mass is 16.5. The van der Waals surface area contributed by atoms with Gasteiger partial charge < -0.3 is 15.4 Å². The van der Waals surface area contributed by atoms with Crippen molar-refractivity contribution >= 4 is 11.6 Å². The number of hydrogen-bond acceptors (Lipinski definition) is 3. The van der Waals surface area contributed by atoms with Gasteiger partial charge in [0.05, 0.1) is 13.7 Å². The van der Waals surface area contributed by atoms with Gasteiger partial charge in [0.1, 0.15) is 5.75 Å². The van der Waals surface area contributed by atoms with E-state index in [9.17, 15) is 4.79 Å². The molecule has 0 radical (unpaired) electrons. The van der Waals surface area contributed by atoms with Crippen molar-refractivity contribution in [2.75, 3.05) is 19.0 Å². The quantitative estimate of drug-likeness (QED) is 0.822. The number of carbonyl (C=O) groups is 1. The van der Waals surface area contributed by atoms with Gasteiger partial charge in [0.25, 0.3) is 0 Å². The summed E-state index contributed by atoms with van der Waals surface area (Å²) in [5.74, 6) is 1.17. The van der Waals surface area contributed by atoms with E-state index in [4.69, 9.17) is 4.74 Å². The third-order valence-electron chi connectivity index (χ3n) is 3.65. The van der Waals surface area contributed by atoms with Gasteiger partial charge in [-0.3, -0.25) is 4.79 Å². The third-order valence-corrected chi connectivity index (χ3v) is 3.65. The average molecular weight is 312 g/mol. The zero-order valence-corrected chi connectivity index (χ0v) is 13.9. The summed E-state index contributed by atoms with van der Waals surface area (Å²) >= 11 is 0. The summed E-state index contributed by atoms with van der Waals surface area (Å²) in [5, 5.41) is 6.13. The minimum atomic E-state index is -0.0358. The first-order valence-corrected chi connectivity index (χ1v) is 7.82. The molecule has 4 heteroatoms. The second-order valence-corrected chi connectivity index (χ2v) is 5.72. The molecule has 2 aromatic rings. The molecule has 2 N–H and O–H groups in total. The summed E-state index contributed by atoms with van der Waals surface area (Å²) in [4.78, 5) is 12.0. The van der Waals surface area contributed by atoms with Crippen molar-refractivity contribution in [3.8, 4) is 5.75 Å². The van der Waals surface area contributed by atoms with Crippen molar-refractivity contribution in [2.45, 2.75) is 26.3 Å². The molecule has 1 amide bonds. The van der Waals surface area contributed by atoms with Gasteiger partial charge in [-0.15, -0.1) is 0 Å². The molecule has 0 saturated heterocycles. The van der Waals surface area contributed by atoms with E-state index >= 15 is 0 Å². The van der Waals surface area contributed by atoms with Gasteiger partial charge in [0.15, 0.2) is 0 Å². The summed E-state index contributed by atoms with van der Waals surface area (Å²) < 4.78 is 5.18. The van der Waals surface area contributed by atoms with Crippen molar-refractivity contribution in [2.24, 2.45) is 0 Å². The molecule has 0 unspecified atom stereocenters. The van der Waals surface area contributed by atoms with E-state index in [0.717, 1.165) is 17.0 Å². The highest BCUT2D eigenvalue weighted by molar-refractivity contribution is 5.81. The summed E-state index contributed by atoms with van der Waals surface area (Å²) in [6.45, 7) is 5.03. The molecular weight excluding hydrogens is 288 g/mol. The molecule has 0 heterocycles. The number of amides is 1. The van der Waals surface area contributed by atoms with E-state index in [1.54, 1.807) is 7.11 Å². The van der Waals surface area contributed by atoms with Gasteiger partial charge in [-0.2, -0.15) is 0 Å². The van der Waals surface area contributed by atoms with Crippen LogP contribution in [-0.2, 0) is 11.3 Å². The average Bonchev–Trinajstić information content (AvgIpc) is 2.58. The second kappa shape index (κ2) is 8.22. The SMILES string of the molecule is COc1cccc(CNC(=O)CNc2ccccc2C(C)C)c1. The molecule has 0 aliphatic rings. The van der Waals surface area contributed by atoms with Crippen LogP contribution in [0.5, 0.6) is 5.75 Å². The number of anilines is 1. The van der Waals surface area contributed by atoms with E-state index in [2.05, 4.69) is 30.5 Å². The lowest BCUT2D eigenvalue weighted by molar-refractivity contribution is -0.119. The fraction of sp³-hybridized carbons (Fsp3) is 0.316. The first-order valence-electron chi connectivity index (χ1n) is 7.82. The van der Waals surface area contributed by atoms with Crippen LogP contribution in [0.1, 0.15) is 30.9 Å². The maximum absolute atomic E-state index is 12.0. The first-order chi connectivity index (χ1) is 11.1. The van der Waals surface area contributed by atoms with Crippen molar-refractivity contribution in [1.82, 2.24) is 5.32 Å². The largest absolute Gasteiger partial charge is 0.497 e. The molecule has 0 spiro atoms. The Balaban J connectivity index is 1.86. The molecular formula is C19H24N2O2. The van der Waals surface area contributed by atoms with Gasteiger partial charge in [0, 0.05) is 12.2 Å². The van der Waals surface area contributed by atoms with Crippen LogP contribution in [0.15, 0.2) is 48.5 Å². The minimum Gasteiger partial charge on any atom is -0.497 e. The lowest BCUT2D eigenvalue weighted by Gasteiger charge is -2.14. The van der Waals surface area contributed by atoms with E-state index in [0.29, 0.717) is 12.5 Å². The maximum atomic E-state index is 12.0. The number of benzene rings is 2. The molecule has 0 aliphatic carbocycles. The zero-order chi connectivity index (χ0) is 16.7. The Kier molecular flexibility index (Phi) is 6.03. The van der Waals surface area contributed by atoms with Crippen LogP contribution in [0.25, 0.3) is 0 Å². The Bertz CT molecular complexity index is 653. The maximum Gasteiger partial charge on any atom is 0.239 e. The van der Waals surface area contributed by atoms with Crippen LogP contribution in [0.3, 0.4) is 0 Å². The van der Waals surface area contributed by atoms with E-state index in [-0.39, 0.29) is 12.5 Å². The molecule has 23 heavy (non-hydrogen) atoms. The lowest BCUT2D eigenvalue weighted by Crippen LogP contribution is -2.29. The first kappa shape index (κ1) is 16.9. The molecule has 0 atom stereocenters. The molecule has 0 saturated carbocycles. The van der Waals surface area contributed by atoms with Crippen LogP contribution in [-0.4, -0.2) is 19.6 Å². The van der Waals surface area contributed by atoms with Crippen LogP contribution in [0.2, 0.25) is 0 Å². The molecule has 122 valence electrons. The van der Waals surface area contributed by atoms with Crippen LogP contribution in [0, 0.1) is 0 Å². The van der Waals surface area contributed by atoms with E-state index in [1.807, 2.05) is 42.5 Å². The topological polar surface area (TPSA) is 50.4 Å². The van der Waals surface area contributed by atoms with Crippen LogP contribution in [0.4, 0.5) is 5.69 Å². The predicted molar refractivity (Wildman–Crippen MR) is 93.9 cm³/mol. The summed E-state index contributed by atoms with van der Waals surface area (Å²) in [7, 11) is 1.63. The number of nitrogens with one attached hydrogen (secondary N) is 2. The molecule has 2 rings (SSSR count). The van der Waals surface area contributed by atoms with E-state index in [1.165, 1.54) is 5.56 Å². The molecule has 0 aromatic heterocycles. The van der Waals surface area contributed by atoms with Gasteiger partial charge in [-0.25, -0.2) is 0 Å². The highest BCUT2D eigenvalue weighted by Gasteiger charge is 2.07. The van der Waals surface area contributed by atoms with E-state index < -0.39 is 0 Å². The van der Waals surface area contributed by atoms with Crippen molar-refractivity contribution < 1.29 is 9.53 Å². The third kappa shape index (κ3) is 5.02. The Morgan fingerprint density at radius 2 is 1.91 bits per heavy atom. The zero-order valence-electron chi connectivity index (χ0n) is 13.9. The Morgan fingerprint density at radius 1 is 1.13 bits per heavy atom.